The quantitative estimate of drug-likeness (QED) is 0.715. The normalized spacial score (nSPS) is 32.7. The first kappa shape index (κ1) is 11.1. The van der Waals surface area contributed by atoms with Crippen molar-refractivity contribution < 1.29 is 4.79 Å². The van der Waals surface area contributed by atoms with Gasteiger partial charge in [-0.3, -0.25) is 10.2 Å². The van der Waals surface area contributed by atoms with Gasteiger partial charge in [0.2, 0.25) is 0 Å². The SMILES string of the molecule is CC(C)(C)C(=O)C1CCCC2CCNN21. The third-order valence-electron chi connectivity index (χ3n) is 3.56. The lowest BCUT2D eigenvalue weighted by atomic mass is 9.82. The molecule has 86 valence electrons. The van der Waals surface area contributed by atoms with Gasteiger partial charge in [-0.25, -0.2) is 5.01 Å². The van der Waals surface area contributed by atoms with Crippen LogP contribution in [-0.4, -0.2) is 29.4 Å². The molecule has 0 aromatic heterocycles. The fourth-order valence-corrected chi connectivity index (χ4v) is 2.72. The summed E-state index contributed by atoms with van der Waals surface area (Å²) in [6.45, 7) is 7.11. The lowest BCUT2D eigenvalue weighted by molar-refractivity contribution is -0.135. The molecule has 3 nitrogen and oxygen atoms in total. The molecule has 0 bridgehead atoms. The average molecular weight is 210 g/mol. The zero-order valence-electron chi connectivity index (χ0n) is 10.0. The van der Waals surface area contributed by atoms with Crippen molar-refractivity contribution in [2.75, 3.05) is 6.54 Å². The molecule has 2 atom stereocenters. The number of hydrogen-bond donors (Lipinski definition) is 1. The van der Waals surface area contributed by atoms with E-state index in [2.05, 4.69) is 10.4 Å². The predicted octanol–water partition coefficient (Wildman–Crippen LogP) is 1.73. The highest BCUT2D eigenvalue weighted by atomic mass is 16.1. The molecular weight excluding hydrogens is 188 g/mol. The van der Waals surface area contributed by atoms with Crippen molar-refractivity contribution >= 4 is 5.78 Å². The van der Waals surface area contributed by atoms with Crippen LogP contribution in [0.2, 0.25) is 0 Å². The van der Waals surface area contributed by atoms with Crippen molar-refractivity contribution in [1.29, 1.82) is 0 Å². The van der Waals surface area contributed by atoms with E-state index in [1.165, 1.54) is 19.3 Å². The second kappa shape index (κ2) is 3.87. The van der Waals surface area contributed by atoms with Gasteiger partial charge in [0, 0.05) is 18.0 Å². The van der Waals surface area contributed by atoms with Crippen molar-refractivity contribution in [3.63, 3.8) is 0 Å². The molecule has 2 rings (SSSR count). The molecule has 0 aromatic rings. The highest BCUT2D eigenvalue weighted by molar-refractivity contribution is 5.88. The number of hydrogen-bond acceptors (Lipinski definition) is 3. The van der Waals surface area contributed by atoms with Gasteiger partial charge in [-0.05, 0) is 25.7 Å². The summed E-state index contributed by atoms with van der Waals surface area (Å²) in [5, 5.41) is 2.23. The Hall–Kier alpha value is -0.410. The number of carbonyl (C=O) groups is 1. The Kier molecular flexibility index (Phi) is 2.86. The van der Waals surface area contributed by atoms with Gasteiger partial charge in [-0.2, -0.15) is 0 Å². The molecule has 1 N–H and O–H groups in total. The first-order valence-electron chi connectivity index (χ1n) is 6.06. The number of hydrazine groups is 1. The first-order chi connectivity index (χ1) is 7.00. The van der Waals surface area contributed by atoms with Crippen LogP contribution in [0.15, 0.2) is 0 Å². The van der Waals surface area contributed by atoms with Crippen LogP contribution in [0.3, 0.4) is 0 Å². The monoisotopic (exact) mass is 210 g/mol. The van der Waals surface area contributed by atoms with E-state index < -0.39 is 0 Å². The zero-order chi connectivity index (χ0) is 11.1. The second-order valence-corrected chi connectivity index (χ2v) is 5.82. The molecule has 2 heterocycles. The van der Waals surface area contributed by atoms with Gasteiger partial charge in [0.25, 0.3) is 0 Å². The van der Waals surface area contributed by atoms with Crippen LogP contribution < -0.4 is 5.43 Å². The van der Waals surface area contributed by atoms with Crippen molar-refractivity contribution in [2.24, 2.45) is 5.41 Å². The summed E-state index contributed by atoms with van der Waals surface area (Å²) in [7, 11) is 0. The first-order valence-corrected chi connectivity index (χ1v) is 6.06. The predicted molar refractivity (Wildman–Crippen MR) is 60.3 cm³/mol. The Bertz CT molecular complexity index is 257. The Morgan fingerprint density at radius 2 is 2.00 bits per heavy atom. The molecule has 0 saturated carbocycles. The van der Waals surface area contributed by atoms with Gasteiger partial charge in [0.1, 0.15) is 0 Å². The van der Waals surface area contributed by atoms with Gasteiger partial charge in [0.15, 0.2) is 5.78 Å². The molecule has 2 aliphatic heterocycles. The number of nitrogens with zero attached hydrogens (tertiary/aromatic N) is 1. The number of ketones is 1. The summed E-state index contributed by atoms with van der Waals surface area (Å²) in [5.41, 5.74) is 3.16. The standard InChI is InChI=1S/C12H22N2O/c1-12(2,3)11(15)10-6-4-5-9-7-8-13-14(9)10/h9-10,13H,4-8H2,1-3H3. The number of rotatable bonds is 1. The minimum absolute atomic E-state index is 0.117. The molecule has 2 saturated heterocycles. The van der Waals surface area contributed by atoms with E-state index in [9.17, 15) is 4.79 Å². The molecule has 0 amide bonds. The number of nitrogens with one attached hydrogen (secondary N) is 1. The van der Waals surface area contributed by atoms with E-state index >= 15 is 0 Å². The van der Waals surface area contributed by atoms with Gasteiger partial charge >= 0.3 is 0 Å². The number of fused-ring (bicyclic) bond motifs is 1. The molecule has 2 unspecified atom stereocenters. The molecule has 3 heteroatoms. The summed E-state index contributed by atoms with van der Waals surface area (Å²) in [6, 6.07) is 0.723. The summed E-state index contributed by atoms with van der Waals surface area (Å²) in [4.78, 5) is 12.3. The second-order valence-electron chi connectivity index (χ2n) is 5.82. The topological polar surface area (TPSA) is 32.3 Å². The van der Waals surface area contributed by atoms with Crippen molar-refractivity contribution in [3.8, 4) is 0 Å². The number of carbonyl (C=O) groups excluding carboxylic acids is 1. The molecule has 15 heavy (non-hydrogen) atoms. The van der Waals surface area contributed by atoms with E-state index in [0.717, 1.165) is 13.0 Å². The molecule has 0 radical (unpaired) electrons. The average Bonchev–Trinajstić information content (AvgIpc) is 2.62. The van der Waals surface area contributed by atoms with Crippen LogP contribution in [-0.2, 0) is 4.79 Å². The van der Waals surface area contributed by atoms with Crippen molar-refractivity contribution in [1.82, 2.24) is 10.4 Å². The smallest absolute Gasteiger partial charge is 0.156 e. The maximum atomic E-state index is 12.3. The Morgan fingerprint density at radius 3 is 2.67 bits per heavy atom. The van der Waals surface area contributed by atoms with Gasteiger partial charge < -0.3 is 0 Å². The zero-order valence-corrected chi connectivity index (χ0v) is 10.0. The van der Waals surface area contributed by atoms with E-state index in [-0.39, 0.29) is 11.5 Å². The fraction of sp³-hybridized carbons (Fsp3) is 0.917. The number of Topliss-reactive ketones (excluding diaryl/α,β-unsaturated/α-hetero) is 1. The largest absolute Gasteiger partial charge is 0.297 e. The van der Waals surface area contributed by atoms with Crippen LogP contribution in [0, 0.1) is 5.41 Å². The summed E-state index contributed by atoms with van der Waals surface area (Å²) in [5.74, 6) is 0.390. The highest BCUT2D eigenvalue weighted by Crippen LogP contribution is 2.31. The third kappa shape index (κ3) is 2.08. The molecule has 0 spiro atoms. The Balaban J connectivity index is 2.11. The maximum absolute atomic E-state index is 12.3. The lowest BCUT2D eigenvalue weighted by Crippen LogP contribution is -2.54. The fourth-order valence-electron chi connectivity index (χ4n) is 2.72. The van der Waals surface area contributed by atoms with Crippen molar-refractivity contribution in [3.05, 3.63) is 0 Å². The molecule has 0 aromatic carbocycles. The number of piperidine rings is 1. The maximum Gasteiger partial charge on any atom is 0.156 e. The van der Waals surface area contributed by atoms with Gasteiger partial charge in [0.05, 0.1) is 6.04 Å². The highest BCUT2D eigenvalue weighted by Gasteiger charge is 2.40. The minimum Gasteiger partial charge on any atom is -0.297 e. The lowest BCUT2D eigenvalue weighted by Gasteiger charge is -2.38. The summed E-state index contributed by atoms with van der Waals surface area (Å²) >= 11 is 0. The Labute approximate surface area is 92.2 Å². The van der Waals surface area contributed by atoms with Crippen molar-refractivity contribution in [2.45, 2.75) is 58.5 Å². The van der Waals surface area contributed by atoms with Crippen LogP contribution in [0.25, 0.3) is 0 Å². The van der Waals surface area contributed by atoms with Crippen LogP contribution >= 0.6 is 0 Å². The van der Waals surface area contributed by atoms with E-state index in [1.807, 2.05) is 20.8 Å². The molecule has 0 aliphatic carbocycles. The molecular formula is C12H22N2O. The van der Waals surface area contributed by atoms with Gasteiger partial charge in [-0.1, -0.05) is 20.8 Å². The van der Waals surface area contributed by atoms with E-state index in [0.29, 0.717) is 11.8 Å². The van der Waals surface area contributed by atoms with E-state index in [4.69, 9.17) is 0 Å². The van der Waals surface area contributed by atoms with Crippen LogP contribution in [0.5, 0.6) is 0 Å². The summed E-state index contributed by atoms with van der Waals surface area (Å²) in [6.07, 6.45) is 4.68. The molecule has 2 aliphatic rings. The third-order valence-corrected chi connectivity index (χ3v) is 3.56. The van der Waals surface area contributed by atoms with Crippen LogP contribution in [0.4, 0.5) is 0 Å². The summed E-state index contributed by atoms with van der Waals surface area (Å²) < 4.78 is 0. The van der Waals surface area contributed by atoms with E-state index in [1.54, 1.807) is 0 Å². The Morgan fingerprint density at radius 1 is 1.27 bits per heavy atom. The van der Waals surface area contributed by atoms with Crippen LogP contribution in [0.1, 0.15) is 46.5 Å². The molecule has 2 fully saturated rings. The minimum atomic E-state index is -0.211. The van der Waals surface area contributed by atoms with Gasteiger partial charge in [-0.15, -0.1) is 0 Å².